The van der Waals surface area contributed by atoms with E-state index in [2.05, 4.69) is 22.5 Å². The average molecular weight is 423 g/mol. The van der Waals surface area contributed by atoms with Gasteiger partial charge in [0, 0.05) is 30.8 Å². The molecule has 31 heavy (non-hydrogen) atoms. The van der Waals surface area contributed by atoms with E-state index in [0.29, 0.717) is 13.1 Å². The zero-order valence-corrected chi connectivity index (χ0v) is 18.3. The predicted octanol–water partition coefficient (Wildman–Crippen LogP) is 2.73. The Morgan fingerprint density at radius 3 is 2.35 bits per heavy atom. The van der Waals surface area contributed by atoms with E-state index in [4.69, 9.17) is 0 Å². The van der Waals surface area contributed by atoms with Crippen molar-refractivity contribution in [1.82, 2.24) is 20.0 Å². The monoisotopic (exact) mass is 422 g/mol. The van der Waals surface area contributed by atoms with Crippen LogP contribution in [0.1, 0.15) is 54.6 Å². The van der Waals surface area contributed by atoms with Gasteiger partial charge in [-0.1, -0.05) is 43.2 Å². The highest BCUT2D eigenvalue weighted by molar-refractivity contribution is 6.05. The van der Waals surface area contributed by atoms with Crippen molar-refractivity contribution in [3.63, 3.8) is 0 Å². The smallest absolute Gasteiger partial charge is 0.233 e. The van der Waals surface area contributed by atoms with Crippen LogP contribution < -0.4 is 5.32 Å². The average Bonchev–Trinajstić information content (AvgIpc) is 3.18. The Kier molecular flexibility index (Phi) is 6.20. The summed E-state index contributed by atoms with van der Waals surface area (Å²) in [5, 5.41) is 7.55. The number of carbonyl (C=O) groups is 3. The van der Waals surface area contributed by atoms with Crippen molar-refractivity contribution in [2.24, 2.45) is 11.8 Å². The predicted molar refractivity (Wildman–Crippen MR) is 116 cm³/mol. The van der Waals surface area contributed by atoms with E-state index in [0.717, 1.165) is 42.6 Å². The Morgan fingerprint density at radius 2 is 1.71 bits per heavy atom. The van der Waals surface area contributed by atoms with Gasteiger partial charge >= 0.3 is 0 Å². The molecule has 7 heteroatoms. The summed E-state index contributed by atoms with van der Waals surface area (Å²) in [5.74, 6) is -0.659. The van der Waals surface area contributed by atoms with Gasteiger partial charge in [-0.3, -0.25) is 24.0 Å². The molecule has 0 radical (unpaired) electrons. The maximum atomic E-state index is 12.5. The van der Waals surface area contributed by atoms with Gasteiger partial charge in [0.05, 0.1) is 24.1 Å². The van der Waals surface area contributed by atoms with Gasteiger partial charge in [-0.05, 0) is 32.3 Å². The Morgan fingerprint density at radius 1 is 1.06 bits per heavy atom. The van der Waals surface area contributed by atoms with Crippen molar-refractivity contribution in [3.05, 3.63) is 52.8 Å². The highest BCUT2D eigenvalue weighted by Crippen LogP contribution is 2.37. The van der Waals surface area contributed by atoms with Gasteiger partial charge in [-0.25, -0.2) is 0 Å². The quantitative estimate of drug-likeness (QED) is 0.696. The van der Waals surface area contributed by atoms with Crippen molar-refractivity contribution in [2.75, 3.05) is 6.54 Å². The molecule has 164 valence electrons. The van der Waals surface area contributed by atoms with Gasteiger partial charge in [0.2, 0.25) is 17.7 Å². The Balaban J connectivity index is 1.31. The summed E-state index contributed by atoms with van der Waals surface area (Å²) in [7, 11) is 0. The third kappa shape index (κ3) is 4.40. The van der Waals surface area contributed by atoms with Crippen LogP contribution in [-0.4, -0.2) is 38.9 Å². The van der Waals surface area contributed by atoms with Gasteiger partial charge in [0.15, 0.2) is 0 Å². The highest BCUT2D eigenvalue weighted by Gasteiger charge is 2.47. The minimum atomic E-state index is -0.162. The van der Waals surface area contributed by atoms with Gasteiger partial charge in [0.25, 0.3) is 0 Å². The molecule has 0 spiro atoms. The number of hydrogen-bond acceptors (Lipinski definition) is 4. The van der Waals surface area contributed by atoms with Crippen LogP contribution in [-0.2, 0) is 27.5 Å². The van der Waals surface area contributed by atoms with Crippen molar-refractivity contribution >= 4 is 17.7 Å². The molecule has 7 nitrogen and oxygen atoms in total. The first kappa shape index (κ1) is 21.3. The molecular formula is C24H30N4O3. The fraction of sp³-hybridized carbons (Fsp3) is 0.500. The fourth-order valence-electron chi connectivity index (χ4n) is 4.84. The molecule has 2 heterocycles. The molecule has 1 N–H and O–H groups in total. The third-order valence-electron chi connectivity index (χ3n) is 6.66. The first-order valence-electron chi connectivity index (χ1n) is 11.1. The van der Waals surface area contributed by atoms with E-state index in [-0.39, 0.29) is 42.5 Å². The van der Waals surface area contributed by atoms with E-state index >= 15 is 0 Å². The lowest BCUT2D eigenvalue weighted by Crippen LogP contribution is -2.35. The van der Waals surface area contributed by atoms with E-state index < -0.39 is 0 Å². The summed E-state index contributed by atoms with van der Waals surface area (Å²) in [6.45, 7) is 5.19. The molecule has 1 aromatic heterocycles. The lowest BCUT2D eigenvalue weighted by atomic mass is 9.81. The van der Waals surface area contributed by atoms with E-state index in [1.165, 1.54) is 10.5 Å². The maximum absolute atomic E-state index is 12.5. The van der Waals surface area contributed by atoms with Crippen LogP contribution >= 0.6 is 0 Å². The number of nitrogens with one attached hydrogen (secondary N) is 1. The van der Waals surface area contributed by atoms with Crippen molar-refractivity contribution in [2.45, 2.75) is 59.0 Å². The summed E-state index contributed by atoms with van der Waals surface area (Å²) in [4.78, 5) is 38.8. The Hall–Kier alpha value is -2.96. The lowest BCUT2D eigenvalue weighted by molar-refractivity contribution is -0.140. The molecule has 1 saturated carbocycles. The molecule has 3 amide bonds. The molecule has 2 aliphatic rings. The first-order chi connectivity index (χ1) is 15.0. The van der Waals surface area contributed by atoms with Crippen molar-refractivity contribution < 1.29 is 14.4 Å². The second kappa shape index (κ2) is 9.04. The van der Waals surface area contributed by atoms with Gasteiger partial charge in [-0.2, -0.15) is 5.10 Å². The van der Waals surface area contributed by atoms with Crippen LogP contribution in [0.25, 0.3) is 0 Å². The second-order valence-corrected chi connectivity index (χ2v) is 8.64. The topological polar surface area (TPSA) is 84.3 Å². The summed E-state index contributed by atoms with van der Waals surface area (Å²) < 4.78 is 1.95. The number of benzene rings is 1. The number of carbonyl (C=O) groups excluding carboxylic acids is 3. The molecule has 2 fully saturated rings. The van der Waals surface area contributed by atoms with Crippen LogP contribution in [0.15, 0.2) is 30.3 Å². The number of amides is 3. The first-order valence-corrected chi connectivity index (χ1v) is 11.1. The number of fused-ring (bicyclic) bond motifs is 1. The minimum Gasteiger partial charge on any atom is -0.352 e. The number of nitrogens with zero attached hydrogens (tertiary/aromatic N) is 3. The fourth-order valence-corrected chi connectivity index (χ4v) is 4.84. The molecular weight excluding hydrogens is 392 g/mol. The number of aromatic nitrogens is 2. The van der Waals surface area contributed by atoms with E-state index in [1.807, 2.05) is 36.7 Å². The molecule has 0 bridgehead atoms. The summed E-state index contributed by atoms with van der Waals surface area (Å²) >= 11 is 0. The number of likely N-dealkylation sites (tertiary alicyclic amines) is 1. The summed E-state index contributed by atoms with van der Waals surface area (Å²) in [6, 6.07) is 10.1. The Bertz CT molecular complexity index is 958. The largest absolute Gasteiger partial charge is 0.352 e. The standard InChI is InChI=1S/C24H30N4O3/c1-16-21(17(2)28(26-16)15-18-8-4-3-5-9-18)14-25-22(29)12-13-27-23(30)19-10-6-7-11-20(19)24(27)31/h3-5,8-9,19-20H,6-7,10-15H2,1-2H3,(H,25,29). The highest BCUT2D eigenvalue weighted by atomic mass is 16.2. The Labute approximate surface area is 182 Å². The van der Waals surface area contributed by atoms with Crippen LogP contribution in [0.2, 0.25) is 0 Å². The van der Waals surface area contributed by atoms with E-state index in [1.54, 1.807) is 0 Å². The molecule has 4 rings (SSSR count). The van der Waals surface area contributed by atoms with Crippen molar-refractivity contribution in [3.8, 4) is 0 Å². The molecule has 1 saturated heterocycles. The van der Waals surface area contributed by atoms with Crippen LogP contribution in [0, 0.1) is 25.7 Å². The number of aryl methyl sites for hydroxylation is 1. The van der Waals surface area contributed by atoms with Gasteiger partial charge < -0.3 is 5.32 Å². The molecule has 1 aliphatic heterocycles. The van der Waals surface area contributed by atoms with E-state index in [9.17, 15) is 14.4 Å². The number of imide groups is 1. The molecule has 1 aromatic carbocycles. The zero-order valence-electron chi connectivity index (χ0n) is 18.3. The summed E-state index contributed by atoms with van der Waals surface area (Å²) in [6.07, 6.45) is 3.73. The lowest BCUT2D eigenvalue weighted by Gasteiger charge is -2.19. The molecule has 2 unspecified atom stereocenters. The molecule has 2 aromatic rings. The summed E-state index contributed by atoms with van der Waals surface area (Å²) in [5.41, 5.74) is 4.09. The zero-order chi connectivity index (χ0) is 22.0. The normalized spacial score (nSPS) is 20.8. The number of rotatable bonds is 7. The molecule has 1 aliphatic carbocycles. The third-order valence-corrected chi connectivity index (χ3v) is 6.66. The molecule has 2 atom stereocenters. The van der Waals surface area contributed by atoms with Gasteiger partial charge in [0.1, 0.15) is 0 Å². The second-order valence-electron chi connectivity index (χ2n) is 8.64. The maximum Gasteiger partial charge on any atom is 0.233 e. The van der Waals surface area contributed by atoms with Crippen molar-refractivity contribution in [1.29, 1.82) is 0 Å². The van der Waals surface area contributed by atoms with Gasteiger partial charge in [-0.15, -0.1) is 0 Å². The van der Waals surface area contributed by atoms with Crippen LogP contribution in [0.4, 0.5) is 0 Å². The van der Waals surface area contributed by atoms with Crippen LogP contribution in [0.3, 0.4) is 0 Å². The minimum absolute atomic E-state index is 0.0867. The number of hydrogen-bond donors (Lipinski definition) is 1. The SMILES string of the molecule is Cc1nn(Cc2ccccc2)c(C)c1CNC(=O)CCN1C(=O)C2CCCCC2C1=O. The van der Waals surface area contributed by atoms with Crippen LogP contribution in [0.5, 0.6) is 0 Å².